The first kappa shape index (κ1) is 23.7. The first-order chi connectivity index (χ1) is 14.0. The quantitative estimate of drug-likeness (QED) is 0.207. The monoisotopic (exact) mass is 452 g/mol. The van der Waals surface area contributed by atoms with Gasteiger partial charge in [0, 0.05) is 0 Å². The Kier molecular flexibility index (Phi) is 9.45. The molecule has 1 aromatic carbocycles. The Morgan fingerprint density at radius 2 is 2.03 bits per heavy atom. The molecule has 1 aromatic rings. The van der Waals surface area contributed by atoms with E-state index in [1.165, 1.54) is 49.7 Å². The van der Waals surface area contributed by atoms with E-state index in [9.17, 15) is 0 Å². The van der Waals surface area contributed by atoms with Crippen LogP contribution in [0.25, 0.3) is 0 Å². The molecule has 0 saturated heterocycles. The van der Waals surface area contributed by atoms with Gasteiger partial charge in [0.1, 0.15) is 5.75 Å². The molecule has 2 aliphatic rings. The van der Waals surface area contributed by atoms with Gasteiger partial charge in [-0.25, -0.2) is 0 Å². The van der Waals surface area contributed by atoms with Crippen molar-refractivity contribution in [2.24, 2.45) is 23.7 Å². The maximum absolute atomic E-state index is 6.21. The molecule has 7 atom stereocenters. The van der Waals surface area contributed by atoms with Crippen LogP contribution in [-0.4, -0.2) is 12.7 Å². The summed E-state index contributed by atoms with van der Waals surface area (Å²) in [5.41, 5.74) is 2.99. The molecule has 29 heavy (non-hydrogen) atoms. The number of ether oxygens (including phenoxy) is 1. The summed E-state index contributed by atoms with van der Waals surface area (Å²) in [7, 11) is 5.14. The van der Waals surface area contributed by atoms with Crippen molar-refractivity contribution in [3.63, 3.8) is 0 Å². The number of allylic oxidation sites excluding steroid dienone is 1. The number of hydrogen-bond acceptors (Lipinski definition) is 2. The summed E-state index contributed by atoms with van der Waals surface area (Å²) in [5, 5.41) is 0. The van der Waals surface area contributed by atoms with Gasteiger partial charge in [-0.15, -0.1) is 0 Å². The third-order valence-electron chi connectivity index (χ3n) is 6.78. The van der Waals surface area contributed by atoms with E-state index in [2.05, 4.69) is 69.0 Å². The molecule has 2 aliphatic carbocycles. The van der Waals surface area contributed by atoms with Gasteiger partial charge in [-0.2, -0.15) is 0 Å². The zero-order valence-electron chi connectivity index (χ0n) is 18.3. The highest BCUT2D eigenvalue weighted by molar-refractivity contribution is 8.41. The Hall–Kier alpha value is 0.01000. The second-order valence-electron chi connectivity index (χ2n) is 8.83. The maximum atomic E-state index is 6.21. The van der Waals surface area contributed by atoms with Gasteiger partial charge < -0.3 is 9.26 Å². The highest BCUT2D eigenvalue weighted by Gasteiger charge is 2.42. The minimum Gasteiger partial charge on any atom is -0.494 e. The van der Waals surface area contributed by atoms with Crippen molar-refractivity contribution in [1.82, 2.24) is 0 Å². The molecule has 0 N–H and O–H groups in total. The Morgan fingerprint density at radius 3 is 2.76 bits per heavy atom. The first-order valence-electron chi connectivity index (χ1n) is 11.4. The summed E-state index contributed by atoms with van der Waals surface area (Å²) in [6.45, 7) is 7.55. The number of fused-ring (bicyclic) bond motifs is 2. The average Bonchev–Trinajstić information content (AvgIpc) is 2.99. The van der Waals surface area contributed by atoms with Crippen LogP contribution in [0.2, 0.25) is 0 Å². The molecule has 1 saturated carbocycles. The molecule has 2 nitrogen and oxygen atoms in total. The lowest BCUT2D eigenvalue weighted by Crippen LogP contribution is -2.25. The van der Waals surface area contributed by atoms with E-state index < -0.39 is 7.53 Å². The first-order valence-corrected chi connectivity index (χ1v) is 15.9. The number of benzene rings is 1. The third-order valence-corrected chi connectivity index (χ3v) is 8.03. The molecule has 0 aromatic heterocycles. The van der Waals surface area contributed by atoms with Gasteiger partial charge in [0.25, 0.3) is 0 Å². The van der Waals surface area contributed by atoms with Gasteiger partial charge in [-0.05, 0) is 73.5 Å². The van der Waals surface area contributed by atoms with Crippen LogP contribution in [0.5, 0.6) is 5.75 Å². The molecular weight excluding hydrogens is 413 g/mol. The fourth-order valence-electron chi connectivity index (χ4n) is 5.44. The summed E-state index contributed by atoms with van der Waals surface area (Å²) in [6, 6.07) is 6.65. The van der Waals surface area contributed by atoms with Gasteiger partial charge in [0.15, 0.2) is 0 Å². The van der Waals surface area contributed by atoms with Gasteiger partial charge in [0.2, 0.25) is 0 Å². The number of rotatable bonds is 10. The van der Waals surface area contributed by atoms with Crippen molar-refractivity contribution in [3.05, 3.63) is 41.5 Å². The smallest absolute Gasteiger partial charge is 0.122 e. The zero-order chi connectivity index (χ0) is 20.8. The summed E-state index contributed by atoms with van der Waals surface area (Å²) < 4.78 is 12.2. The number of hydrogen-bond donors (Lipinski definition) is 0. The highest BCUT2D eigenvalue weighted by atomic mass is 32.4. The molecule has 3 unspecified atom stereocenters. The van der Waals surface area contributed by atoms with Crippen molar-refractivity contribution < 1.29 is 9.26 Å². The summed E-state index contributed by atoms with van der Waals surface area (Å²) in [6.07, 6.45) is 13.8. The number of unbranched alkanes of at least 4 members (excludes halogenated alkanes) is 2. The molecule has 3 rings (SSSR count). The molecule has 0 bridgehead atoms. The van der Waals surface area contributed by atoms with E-state index in [1.54, 1.807) is 0 Å². The Labute approximate surface area is 184 Å². The van der Waals surface area contributed by atoms with Crippen LogP contribution in [0.3, 0.4) is 0 Å². The van der Waals surface area contributed by atoms with Crippen LogP contribution in [0.1, 0.15) is 64.0 Å². The van der Waals surface area contributed by atoms with E-state index in [-0.39, 0.29) is 6.10 Å². The summed E-state index contributed by atoms with van der Waals surface area (Å²) in [5.74, 6) is 4.08. The molecular formula is C24H39O2P3. The second-order valence-corrected chi connectivity index (χ2v) is 14.6. The van der Waals surface area contributed by atoms with Gasteiger partial charge in [0.05, 0.1) is 20.2 Å². The lowest BCUT2D eigenvalue weighted by molar-refractivity contribution is 0.265. The van der Waals surface area contributed by atoms with Gasteiger partial charge in [-0.3, -0.25) is 0 Å². The SMILES string of the molecule is CCCCC[C@@H](/C=C/[C@H]1[C@H](C)CC2Cc3c(cccc3OCC)C[C@@H]21)OP(P)P. The molecule has 162 valence electrons. The Bertz CT molecular complexity index is 676. The molecule has 0 aliphatic heterocycles. The molecule has 1 fully saturated rings. The predicted octanol–water partition coefficient (Wildman–Crippen LogP) is 7.57. The lowest BCUT2D eigenvalue weighted by Gasteiger charge is -2.31. The molecule has 5 heteroatoms. The highest BCUT2D eigenvalue weighted by Crippen LogP contribution is 2.55. The van der Waals surface area contributed by atoms with E-state index in [0.717, 1.165) is 36.5 Å². The standard InChI is InChI=1S/C24H39O2P3/c1-4-6-7-10-20(26-29(27)28)12-13-21-17(3)14-19-16-23-18(15-22(19)21)9-8-11-24(23)25-5-2/h8-9,11-13,17,19-22H,4-7,10,14-16,27-28H2,1-3H3/b13-12+/t17-,19?,20+,21+,22+/m1/s1. The van der Waals surface area contributed by atoms with Gasteiger partial charge in [-0.1, -0.05) is 75.3 Å². The van der Waals surface area contributed by atoms with Crippen LogP contribution in [0, 0.1) is 23.7 Å². The zero-order valence-corrected chi connectivity index (χ0v) is 21.6. The van der Waals surface area contributed by atoms with E-state index >= 15 is 0 Å². The minimum atomic E-state index is -0.485. The van der Waals surface area contributed by atoms with Crippen molar-refractivity contribution in [3.8, 4) is 5.75 Å². The van der Waals surface area contributed by atoms with Crippen LogP contribution in [0.15, 0.2) is 30.4 Å². The van der Waals surface area contributed by atoms with Crippen LogP contribution < -0.4 is 4.74 Å². The normalized spacial score (nSPS) is 27.2. The fourth-order valence-corrected chi connectivity index (χ4v) is 6.87. The lowest BCUT2D eigenvalue weighted by atomic mass is 9.74. The maximum Gasteiger partial charge on any atom is 0.122 e. The Morgan fingerprint density at radius 1 is 1.21 bits per heavy atom. The van der Waals surface area contributed by atoms with Crippen molar-refractivity contribution in [2.45, 2.75) is 71.8 Å². The van der Waals surface area contributed by atoms with E-state index in [4.69, 9.17) is 9.26 Å². The van der Waals surface area contributed by atoms with Gasteiger partial charge >= 0.3 is 0 Å². The van der Waals surface area contributed by atoms with Crippen LogP contribution in [-0.2, 0) is 17.4 Å². The summed E-state index contributed by atoms with van der Waals surface area (Å²) >= 11 is 0. The van der Waals surface area contributed by atoms with Crippen molar-refractivity contribution >= 4 is 25.4 Å². The summed E-state index contributed by atoms with van der Waals surface area (Å²) in [4.78, 5) is 0. The van der Waals surface area contributed by atoms with Crippen LogP contribution >= 0.6 is 25.4 Å². The topological polar surface area (TPSA) is 18.5 Å². The average molecular weight is 452 g/mol. The molecule has 0 radical (unpaired) electrons. The van der Waals surface area contributed by atoms with Crippen LogP contribution in [0.4, 0.5) is 0 Å². The Balaban J connectivity index is 1.72. The second kappa shape index (κ2) is 11.6. The minimum absolute atomic E-state index is 0.259. The molecule has 0 heterocycles. The fraction of sp³-hybridized carbons (Fsp3) is 0.667. The largest absolute Gasteiger partial charge is 0.494 e. The van der Waals surface area contributed by atoms with Crippen molar-refractivity contribution in [2.75, 3.05) is 6.61 Å². The predicted molar refractivity (Wildman–Crippen MR) is 134 cm³/mol. The molecule has 0 amide bonds. The third kappa shape index (κ3) is 6.26. The van der Waals surface area contributed by atoms with Crippen molar-refractivity contribution in [1.29, 1.82) is 0 Å². The molecule has 0 spiro atoms. The van der Waals surface area contributed by atoms with E-state index in [1.807, 2.05) is 0 Å². The van der Waals surface area contributed by atoms with E-state index in [0.29, 0.717) is 5.92 Å².